The van der Waals surface area contributed by atoms with Crippen molar-refractivity contribution in [2.75, 3.05) is 0 Å². The molecule has 4 heteroatoms. The second-order valence-corrected chi connectivity index (χ2v) is 6.37. The summed E-state index contributed by atoms with van der Waals surface area (Å²) in [6.07, 6.45) is 13.3. The molecule has 0 aromatic carbocycles. The molecular weight excluding hydrogens is 266 g/mol. The van der Waals surface area contributed by atoms with Gasteiger partial charge in [-0.15, -0.1) is 0 Å². The molecule has 0 radical (unpaired) electrons. The van der Waals surface area contributed by atoms with Gasteiger partial charge in [0.05, 0.1) is 0 Å². The maximum Gasteiger partial charge on any atom is 0.195 e. The van der Waals surface area contributed by atoms with E-state index in [9.17, 15) is 0 Å². The minimum atomic E-state index is 0.398. The van der Waals surface area contributed by atoms with Gasteiger partial charge < -0.3 is 4.57 Å². The fourth-order valence-electron chi connectivity index (χ4n) is 2.64. The highest BCUT2D eigenvalue weighted by molar-refractivity contribution is 7.71. The third-order valence-electron chi connectivity index (χ3n) is 3.80. The topological polar surface area (TPSA) is 33.6 Å². The predicted octanol–water partition coefficient (Wildman–Crippen LogP) is 5.59. The molecule has 1 aromatic rings. The van der Waals surface area contributed by atoms with E-state index in [0.29, 0.717) is 6.04 Å². The van der Waals surface area contributed by atoms with Crippen LogP contribution in [-0.2, 0) is 6.42 Å². The van der Waals surface area contributed by atoms with Crippen LogP contribution in [-0.4, -0.2) is 14.8 Å². The number of hydrogen-bond donors (Lipinski definition) is 1. The summed E-state index contributed by atoms with van der Waals surface area (Å²) in [5.74, 6) is 1.12. The van der Waals surface area contributed by atoms with Crippen molar-refractivity contribution in [3.8, 4) is 0 Å². The van der Waals surface area contributed by atoms with Gasteiger partial charge in [0.25, 0.3) is 0 Å². The van der Waals surface area contributed by atoms with Crippen LogP contribution in [0.4, 0.5) is 0 Å². The minimum absolute atomic E-state index is 0.398. The molecule has 1 heterocycles. The van der Waals surface area contributed by atoms with Crippen LogP contribution in [0.5, 0.6) is 0 Å². The first kappa shape index (κ1) is 17.4. The van der Waals surface area contributed by atoms with E-state index in [1.165, 1.54) is 57.8 Å². The Labute approximate surface area is 129 Å². The largest absolute Gasteiger partial charge is 0.302 e. The molecule has 1 aromatic heterocycles. The zero-order valence-electron chi connectivity index (χ0n) is 13.5. The molecule has 0 fully saturated rings. The first-order chi connectivity index (χ1) is 9.66. The summed E-state index contributed by atoms with van der Waals surface area (Å²) in [6.45, 7) is 6.59. The molecule has 0 saturated heterocycles. The second-order valence-electron chi connectivity index (χ2n) is 5.99. The standard InChI is InChI=1S/C16H31N3S/c1-4-5-6-7-8-9-10-11-12-13-15-17-18-16(20)19(15)14(2)3/h14H,4-13H2,1-3H3,(H,18,20). The summed E-state index contributed by atoms with van der Waals surface area (Å²) in [4.78, 5) is 0. The van der Waals surface area contributed by atoms with Gasteiger partial charge in [-0.05, 0) is 32.5 Å². The highest BCUT2D eigenvalue weighted by atomic mass is 32.1. The Balaban J connectivity index is 2.11. The average Bonchev–Trinajstić information content (AvgIpc) is 2.78. The zero-order valence-corrected chi connectivity index (χ0v) is 14.3. The molecule has 1 N–H and O–H groups in total. The smallest absolute Gasteiger partial charge is 0.195 e. The lowest BCUT2D eigenvalue weighted by molar-refractivity contribution is 0.534. The van der Waals surface area contributed by atoms with Crippen LogP contribution >= 0.6 is 12.2 Å². The Hall–Kier alpha value is -0.640. The van der Waals surface area contributed by atoms with E-state index in [-0.39, 0.29) is 0 Å². The molecule has 0 saturated carbocycles. The van der Waals surface area contributed by atoms with Crippen LogP contribution < -0.4 is 0 Å². The van der Waals surface area contributed by atoms with Crippen LogP contribution in [0.3, 0.4) is 0 Å². The fourth-order valence-corrected chi connectivity index (χ4v) is 3.00. The molecule has 0 bridgehead atoms. The number of aryl methyl sites for hydroxylation is 1. The van der Waals surface area contributed by atoms with Gasteiger partial charge in [0.2, 0.25) is 0 Å². The monoisotopic (exact) mass is 297 g/mol. The molecule has 1 rings (SSSR count). The van der Waals surface area contributed by atoms with Crippen molar-refractivity contribution >= 4 is 12.2 Å². The van der Waals surface area contributed by atoms with Gasteiger partial charge in [0, 0.05) is 12.5 Å². The molecule has 3 nitrogen and oxygen atoms in total. The summed E-state index contributed by atoms with van der Waals surface area (Å²) >= 11 is 5.26. The average molecular weight is 298 g/mol. The zero-order chi connectivity index (χ0) is 14.8. The molecule has 20 heavy (non-hydrogen) atoms. The van der Waals surface area contributed by atoms with Crippen molar-refractivity contribution in [2.45, 2.75) is 91.0 Å². The summed E-state index contributed by atoms with van der Waals surface area (Å²) in [5.41, 5.74) is 0. The lowest BCUT2D eigenvalue weighted by atomic mass is 10.1. The first-order valence-electron chi connectivity index (χ1n) is 8.32. The summed E-state index contributed by atoms with van der Waals surface area (Å²) in [7, 11) is 0. The first-order valence-corrected chi connectivity index (χ1v) is 8.73. The Morgan fingerprint density at radius 3 is 2.10 bits per heavy atom. The predicted molar refractivity (Wildman–Crippen MR) is 88.7 cm³/mol. The number of H-pyrrole nitrogens is 1. The summed E-state index contributed by atoms with van der Waals surface area (Å²) in [6, 6.07) is 0.398. The quantitative estimate of drug-likeness (QED) is 0.426. The number of aromatic nitrogens is 3. The van der Waals surface area contributed by atoms with Crippen LogP contribution in [0.2, 0.25) is 0 Å². The van der Waals surface area contributed by atoms with Crippen molar-refractivity contribution in [1.82, 2.24) is 14.8 Å². The van der Waals surface area contributed by atoms with E-state index >= 15 is 0 Å². The third kappa shape index (κ3) is 6.21. The van der Waals surface area contributed by atoms with E-state index in [2.05, 4.69) is 35.5 Å². The van der Waals surface area contributed by atoms with Crippen molar-refractivity contribution in [2.24, 2.45) is 0 Å². The lowest BCUT2D eigenvalue weighted by Gasteiger charge is -2.10. The Bertz CT molecular complexity index is 406. The summed E-state index contributed by atoms with van der Waals surface area (Å²) < 4.78 is 2.89. The number of hydrogen-bond acceptors (Lipinski definition) is 2. The minimum Gasteiger partial charge on any atom is -0.302 e. The van der Waals surface area contributed by atoms with Gasteiger partial charge in [-0.1, -0.05) is 58.3 Å². The Morgan fingerprint density at radius 1 is 1.00 bits per heavy atom. The van der Waals surface area contributed by atoms with Crippen molar-refractivity contribution < 1.29 is 0 Å². The van der Waals surface area contributed by atoms with E-state index in [1.54, 1.807) is 0 Å². The van der Waals surface area contributed by atoms with Crippen molar-refractivity contribution in [3.63, 3.8) is 0 Å². The van der Waals surface area contributed by atoms with Gasteiger partial charge >= 0.3 is 0 Å². The van der Waals surface area contributed by atoms with Crippen molar-refractivity contribution in [3.05, 3.63) is 10.6 Å². The number of aromatic amines is 1. The highest BCUT2D eigenvalue weighted by Crippen LogP contribution is 2.13. The SMILES string of the molecule is CCCCCCCCCCCc1n[nH]c(=S)n1C(C)C. The van der Waals surface area contributed by atoms with Crippen LogP contribution in [0, 0.1) is 4.77 Å². The van der Waals surface area contributed by atoms with Gasteiger partial charge in [-0.3, -0.25) is 5.10 Å². The third-order valence-corrected chi connectivity index (χ3v) is 4.09. The second kappa shape index (κ2) is 10.1. The Kier molecular flexibility index (Phi) is 8.83. The van der Waals surface area contributed by atoms with E-state index in [0.717, 1.165) is 17.0 Å². The van der Waals surface area contributed by atoms with E-state index in [4.69, 9.17) is 12.2 Å². The van der Waals surface area contributed by atoms with E-state index in [1.807, 2.05) is 0 Å². The molecular formula is C16H31N3S. The molecule has 0 unspecified atom stereocenters. The molecule has 0 spiro atoms. The van der Waals surface area contributed by atoms with Gasteiger partial charge in [0.15, 0.2) is 4.77 Å². The van der Waals surface area contributed by atoms with Crippen LogP contribution in [0.15, 0.2) is 0 Å². The maximum absolute atomic E-state index is 5.26. The maximum atomic E-state index is 5.26. The molecule has 116 valence electrons. The molecule has 0 aliphatic carbocycles. The lowest BCUT2D eigenvalue weighted by Crippen LogP contribution is -2.06. The fraction of sp³-hybridized carbons (Fsp3) is 0.875. The normalized spacial score (nSPS) is 11.4. The number of unbranched alkanes of at least 4 members (excludes halogenated alkanes) is 8. The molecule has 0 aliphatic rings. The number of nitrogens with one attached hydrogen (secondary N) is 1. The molecule has 0 amide bonds. The number of rotatable bonds is 11. The van der Waals surface area contributed by atoms with E-state index < -0.39 is 0 Å². The van der Waals surface area contributed by atoms with Crippen molar-refractivity contribution in [1.29, 1.82) is 0 Å². The number of nitrogens with zero attached hydrogens (tertiary/aromatic N) is 2. The van der Waals surface area contributed by atoms with Gasteiger partial charge in [0.1, 0.15) is 5.82 Å². The highest BCUT2D eigenvalue weighted by Gasteiger charge is 2.08. The van der Waals surface area contributed by atoms with Gasteiger partial charge in [-0.25, -0.2) is 0 Å². The molecule has 0 atom stereocenters. The summed E-state index contributed by atoms with van der Waals surface area (Å²) in [5, 5.41) is 7.27. The van der Waals surface area contributed by atoms with Gasteiger partial charge in [-0.2, -0.15) is 5.10 Å². The van der Waals surface area contributed by atoms with Crippen LogP contribution in [0.25, 0.3) is 0 Å². The molecule has 0 aliphatic heterocycles. The Morgan fingerprint density at radius 2 is 1.55 bits per heavy atom. The van der Waals surface area contributed by atoms with Crippen LogP contribution in [0.1, 0.15) is 90.4 Å².